The standard InChI is InChI=1S/C14H18F3N3O2/c1-19-4-6-20(7-5-19)13(21)10-2-3-12(11(18)8-10)22-9-14(15,16)17/h2-3,8H,4-7,9,18H2,1H3. The first-order chi connectivity index (χ1) is 10.3. The molecule has 0 bridgehead atoms. The van der Waals surface area contributed by atoms with Gasteiger partial charge >= 0.3 is 6.18 Å². The molecule has 1 heterocycles. The van der Waals surface area contributed by atoms with Gasteiger partial charge in [-0.05, 0) is 25.2 Å². The van der Waals surface area contributed by atoms with E-state index in [1.54, 1.807) is 4.90 Å². The zero-order valence-corrected chi connectivity index (χ0v) is 12.2. The van der Waals surface area contributed by atoms with E-state index in [2.05, 4.69) is 9.64 Å². The van der Waals surface area contributed by atoms with Crippen LogP contribution in [-0.4, -0.2) is 61.7 Å². The normalized spacial score (nSPS) is 16.6. The van der Waals surface area contributed by atoms with Gasteiger partial charge in [0.1, 0.15) is 5.75 Å². The highest BCUT2D eigenvalue weighted by Gasteiger charge is 2.29. The molecule has 122 valence electrons. The lowest BCUT2D eigenvalue weighted by Crippen LogP contribution is -2.47. The Hall–Kier alpha value is -1.96. The Bertz CT molecular complexity index is 541. The molecule has 1 aromatic carbocycles. The molecule has 0 aromatic heterocycles. The zero-order valence-electron chi connectivity index (χ0n) is 12.2. The Balaban J connectivity index is 2.03. The average molecular weight is 317 g/mol. The highest BCUT2D eigenvalue weighted by Crippen LogP contribution is 2.26. The molecule has 1 aromatic rings. The molecule has 1 fully saturated rings. The number of nitrogen functional groups attached to an aromatic ring is 1. The number of carbonyl (C=O) groups excluding carboxylic acids is 1. The number of nitrogens with zero attached hydrogens (tertiary/aromatic N) is 2. The lowest BCUT2D eigenvalue weighted by molar-refractivity contribution is -0.153. The third-order valence-electron chi connectivity index (χ3n) is 3.44. The van der Waals surface area contributed by atoms with Crippen molar-refractivity contribution < 1.29 is 22.7 Å². The average Bonchev–Trinajstić information content (AvgIpc) is 2.45. The molecule has 5 nitrogen and oxygen atoms in total. The van der Waals surface area contributed by atoms with E-state index < -0.39 is 12.8 Å². The van der Waals surface area contributed by atoms with Crippen LogP contribution in [0, 0.1) is 0 Å². The molecule has 0 saturated carbocycles. The van der Waals surface area contributed by atoms with E-state index in [0.29, 0.717) is 18.7 Å². The number of rotatable bonds is 3. The minimum atomic E-state index is -4.43. The molecule has 2 rings (SSSR count). The zero-order chi connectivity index (χ0) is 16.3. The topological polar surface area (TPSA) is 58.8 Å². The Labute approximate surface area is 126 Å². The predicted molar refractivity (Wildman–Crippen MR) is 75.8 cm³/mol. The third-order valence-corrected chi connectivity index (χ3v) is 3.44. The summed E-state index contributed by atoms with van der Waals surface area (Å²) in [5.41, 5.74) is 6.04. The summed E-state index contributed by atoms with van der Waals surface area (Å²) in [6.45, 7) is 1.38. The number of amides is 1. The van der Waals surface area contributed by atoms with E-state index in [1.807, 2.05) is 7.05 Å². The van der Waals surface area contributed by atoms with E-state index in [0.717, 1.165) is 13.1 Å². The fourth-order valence-corrected chi connectivity index (χ4v) is 2.16. The molecule has 1 amide bonds. The number of hydrogen-bond donors (Lipinski definition) is 1. The van der Waals surface area contributed by atoms with E-state index >= 15 is 0 Å². The summed E-state index contributed by atoms with van der Waals surface area (Å²) >= 11 is 0. The summed E-state index contributed by atoms with van der Waals surface area (Å²) in [6, 6.07) is 4.08. The van der Waals surface area contributed by atoms with Crippen molar-refractivity contribution in [2.45, 2.75) is 6.18 Å². The number of halogens is 3. The fraction of sp³-hybridized carbons (Fsp3) is 0.500. The van der Waals surface area contributed by atoms with Gasteiger partial charge in [-0.15, -0.1) is 0 Å². The second kappa shape index (κ2) is 6.43. The number of alkyl halides is 3. The van der Waals surface area contributed by atoms with Crippen molar-refractivity contribution in [1.82, 2.24) is 9.80 Å². The highest BCUT2D eigenvalue weighted by atomic mass is 19.4. The van der Waals surface area contributed by atoms with Crippen LogP contribution in [0.1, 0.15) is 10.4 Å². The number of nitrogens with two attached hydrogens (primary N) is 1. The minimum absolute atomic E-state index is 0.0178. The van der Waals surface area contributed by atoms with Crippen LogP contribution >= 0.6 is 0 Å². The lowest BCUT2D eigenvalue weighted by atomic mass is 10.1. The number of anilines is 1. The van der Waals surface area contributed by atoms with Gasteiger partial charge in [-0.3, -0.25) is 4.79 Å². The molecule has 1 aliphatic rings. The third kappa shape index (κ3) is 4.27. The van der Waals surface area contributed by atoms with Gasteiger partial charge < -0.3 is 20.3 Å². The van der Waals surface area contributed by atoms with Crippen molar-refractivity contribution >= 4 is 11.6 Å². The van der Waals surface area contributed by atoms with E-state index in [4.69, 9.17) is 5.73 Å². The molecule has 0 unspecified atom stereocenters. The summed E-state index contributed by atoms with van der Waals surface area (Å²) in [5.74, 6) is -0.255. The Morgan fingerprint density at radius 2 is 1.91 bits per heavy atom. The van der Waals surface area contributed by atoms with E-state index in [9.17, 15) is 18.0 Å². The van der Waals surface area contributed by atoms with Crippen LogP contribution in [0.25, 0.3) is 0 Å². The summed E-state index contributed by atoms with van der Waals surface area (Å²) in [4.78, 5) is 16.1. The maximum Gasteiger partial charge on any atom is 0.422 e. The van der Waals surface area contributed by atoms with Crippen LogP contribution in [0.4, 0.5) is 18.9 Å². The Morgan fingerprint density at radius 1 is 1.27 bits per heavy atom. The Morgan fingerprint density at radius 3 is 2.45 bits per heavy atom. The van der Waals surface area contributed by atoms with Crippen LogP contribution in [0.15, 0.2) is 18.2 Å². The number of piperazine rings is 1. The smallest absolute Gasteiger partial charge is 0.422 e. The Kier molecular flexibility index (Phi) is 4.80. The maximum atomic E-state index is 12.3. The predicted octanol–water partition coefficient (Wildman–Crippen LogP) is 1.60. The molecule has 0 spiro atoms. The first-order valence-electron chi connectivity index (χ1n) is 6.83. The highest BCUT2D eigenvalue weighted by molar-refractivity contribution is 5.95. The molecular formula is C14H18F3N3O2. The first-order valence-corrected chi connectivity index (χ1v) is 6.83. The van der Waals surface area contributed by atoms with Crippen molar-refractivity contribution in [1.29, 1.82) is 0 Å². The molecule has 0 aliphatic carbocycles. The second-order valence-electron chi connectivity index (χ2n) is 5.25. The van der Waals surface area contributed by atoms with Crippen molar-refractivity contribution in [2.75, 3.05) is 45.6 Å². The van der Waals surface area contributed by atoms with Gasteiger partial charge in [-0.2, -0.15) is 13.2 Å². The molecule has 1 saturated heterocycles. The van der Waals surface area contributed by atoms with E-state index in [-0.39, 0.29) is 17.3 Å². The maximum absolute atomic E-state index is 12.3. The van der Waals surface area contributed by atoms with Gasteiger partial charge in [0.15, 0.2) is 6.61 Å². The minimum Gasteiger partial charge on any atom is -0.482 e. The van der Waals surface area contributed by atoms with Crippen LogP contribution in [0.5, 0.6) is 5.75 Å². The summed E-state index contributed by atoms with van der Waals surface area (Å²) < 4.78 is 41.0. The van der Waals surface area contributed by atoms with Crippen LogP contribution in [0.2, 0.25) is 0 Å². The van der Waals surface area contributed by atoms with Gasteiger partial charge in [0, 0.05) is 31.7 Å². The summed E-state index contributed by atoms with van der Waals surface area (Å²) in [7, 11) is 1.98. The quantitative estimate of drug-likeness (QED) is 0.860. The van der Waals surface area contributed by atoms with Crippen molar-refractivity contribution in [3.63, 3.8) is 0 Å². The monoisotopic (exact) mass is 317 g/mol. The number of likely N-dealkylation sites (N-methyl/N-ethyl adjacent to an activating group) is 1. The lowest BCUT2D eigenvalue weighted by Gasteiger charge is -2.32. The number of carbonyl (C=O) groups is 1. The molecule has 8 heteroatoms. The van der Waals surface area contributed by atoms with E-state index in [1.165, 1.54) is 18.2 Å². The van der Waals surface area contributed by atoms with Crippen LogP contribution in [0.3, 0.4) is 0 Å². The van der Waals surface area contributed by atoms with Gasteiger partial charge in [-0.1, -0.05) is 0 Å². The molecular weight excluding hydrogens is 299 g/mol. The number of ether oxygens (including phenoxy) is 1. The number of benzene rings is 1. The van der Waals surface area contributed by atoms with Gasteiger partial charge in [0.25, 0.3) is 5.91 Å². The van der Waals surface area contributed by atoms with Gasteiger partial charge in [0.2, 0.25) is 0 Å². The first kappa shape index (κ1) is 16.4. The molecule has 1 aliphatic heterocycles. The van der Waals surface area contributed by atoms with Gasteiger partial charge in [-0.25, -0.2) is 0 Å². The number of hydrogen-bond acceptors (Lipinski definition) is 4. The largest absolute Gasteiger partial charge is 0.482 e. The summed E-state index contributed by atoms with van der Waals surface area (Å²) in [6.07, 6.45) is -4.43. The summed E-state index contributed by atoms with van der Waals surface area (Å²) in [5, 5.41) is 0. The fourth-order valence-electron chi connectivity index (χ4n) is 2.16. The molecule has 22 heavy (non-hydrogen) atoms. The second-order valence-corrected chi connectivity index (χ2v) is 5.25. The van der Waals surface area contributed by atoms with Crippen LogP contribution in [-0.2, 0) is 0 Å². The van der Waals surface area contributed by atoms with Crippen LogP contribution < -0.4 is 10.5 Å². The van der Waals surface area contributed by atoms with Crippen molar-refractivity contribution in [2.24, 2.45) is 0 Å². The van der Waals surface area contributed by atoms with Crippen molar-refractivity contribution in [3.05, 3.63) is 23.8 Å². The molecule has 0 radical (unpaired) electrons. The molecule has 0 atom stereocenters. The van der Waals surface area contributed by atoms with Crippen molar-refractivity contribution in [3.8, 4) is 5.75 Å². The van der Waals surface area contributed by atoms with Gasteiger partial charge in [0.05, 0.1) is 5.69 Å². The molecule has 2 N–H and O–H groups in total. The SMILES string of the molecule is CN1CCN(C(=O)c2ccc(OCC(F)(F)F)c(N)c2)CC1.